The fourth-order valence-electron chi connectivity index (χ4n) is 2.17. The van der Waals surface area contributed by atoms with E-state index in [0.717, 1.165) is 17.1 Å². The second kappa shape index (κ2) is 8.54. The molecule has 0 aromatic heterocycles. The van der Waals surface area contributed by atoms with E-state index in [1.807, 2.05) is 25.1 Å². The van der Waals surface area contributed by atoms with E-state index in [1.165, 1.54) is 5.56 Å². The normalized spacial score (nSPS) is 12.6. The quantitative estimate of drug-likeness (QED) is 0.555. The number of sulfone groups is 1. The summed E-state index contributed by atoms with van der Waals surface area (Å²) < 4.78 is 23.9. The molecule has 0 heterocycles. The predicted octanol–water partition coefficient (Wildman–Crippen LogP) is 4.22. The second-order valence-electron chi connectivity index (χ2n) is 5.33. The van der Waals surface area contributed by atoms with Gasteiger partial charge in [0.25, 0.3) is 0 Å². The van der Waals surface area contributed by atoms with E-state index in [1.54, 1.807) is 0 Å². The molecule has 0 radical (unpaired) electrons. The van der Waals surface area contributed by atoms with Gasteiger partial charge in [0.15, 0.2) is 0 Å². The first-order valence-corrected chi connectivity index (χ1v) is 10.9. The molecule has 114 valence electrons. The number of benzene rings is 1. The molecular weight excluding hydrogens is 404 g/mol. The summed E-state index contributed by atoms with van der Waals surface area (Å²) >= 11 is 7.15. The van der Waals surface area contributed by atoms with Gasteiger partial charge in [-0.25, -0.2) is 8.42 Å². The van der Waals surface area contributed by atoms with E-state index < -0.39 is 9.84 Å². The van der Waals surface area contributed by atoms with Crippen LogP contribution in [0.25, 0.3) is 0 Å². The fourth-order valence-corrected chi connectivity index (χ4v) is 5.62. The van der Waals surface area contributed by atoms with Crippen molar-refractivity contribution in [1.82, 2.24) is 0 Å². The molecular formula is C15H22Br2O2S. The van der Waals surface area contributed by atoms with E-state index in [0.29, 0.717) is 18.6 Å². The third-order valence-electron chi connectivity index (χ3n) is 3.45. The summed E-state index contributed by atoms with van der Waals surface area (Å²) in [6.45, 7) is 1.91. The smallest absolute Gasteiger partial charge is 0.150 e. The Morgan fingerprint density at radius 1 is 1.05 bits per heavy atom. The number of hydrogen-bond donors (Lipinski definition) is 0. The van der Waals surface area contributed by atoms with Gasteiger partial charge in [-0.1, -0.05) is 69.1 Å². The molecule has 20 heavy (non-hydrogen) atoms. The standard InChI is InChI=1S/C15H22Br2O2S/c1-2-9-20(18,19)10-8-15(12-16,13-17)11-14-6-4-3-5-7-14/h3-7H,2,8-13H2,1H3. The van der Waals surface area contributed by atoms with E-state index in [2.05, 4.69) is 44.0 Å². The lowest BCUT2D eigenvalue weighted by molar-refractivity contribution is 0.373. The third-order valence-corrected chi connectivity index (χ3v) is 7.68. The first-order chi connectivity index (χ1) is 9.47. The molecule has 2 nitrogen and oxygen atoms in total. The highest BCUT2D eigenvalue weighted by atomic mass is 79.9. The van der Waals surface area contributed by atoms with Gasteiger partial charge in [0.2, 0.25) is 0 Å². The Morgan fingerprint density at radius 2 is 1.65 bits per heavy atom. The van der Waals surface area contributed by atoms with Gasteiger partial charge in [-0.2, -0.15) is 0 Å². The highest BCUT2D eigenvalue weighted by Crippen LogP contribution is 2.32. The van der Waals surface area contributed by atoms with Crippen molar-refractivity contribution in [2.24, 2.45) is 5.41 Å². The van der Waals surface area contributed by atoms with Crippen LogP contribution < -0.4 is 0 Å². The SMILES string of the molecule is CCCS(=O)(=O)CCC(CBr)(CBr)Cc1ccccc1. The molecule has 0 atom stereocenters. The first kappa shape index (κ1) is 18.2. The van der Waals surface area contributed by atoms with Crippen molar-refractivity contribution in [3.05, 3.63) is 35.9 Å². The third kappa shape index (κ3) is 5.86. The van der Waals surface area contributed by atoms with Gasteiger partial charge in [-0.3, -0.25) is 0 Å². The molecule has 0 spiro atoms. The van der Waals surface area contributed by atoms with Crippen LogP contribution in [-0.2, 0) is 16.3 Å². The summed E-state index contributed by atoms with van der Waals surface area (Å²) in [6, 6.07) is 10.2. The zero-order valence-corrected chi connectivity index (χ0v) is 15.8. The molecule has 0 unspecified atom stereocenters. The van der Waals surface area contributed by atoms with Gasteiger partial charge < -0.3 is 0 Å². The van der Waals surface area contributed by atoms with Crippen molar-refractivity contribution >= 4 is 41.7 Å². The first-order valence-electron chi connectivity index (χ1n) is 6.83. The topological polar surface area (TPSA) is 34.1 Å². The lowest BCUT2D eigenvalue weighted by Gasteiger charge is -2.30. The summed E-state index contributed by atoms with van der Waals surface area (Å²) in [5.74, 6) is 0.559. The maximum atomic E-state index is 11.9. The Hall–Kier alpha value is 0.130. The summed E-state index contributed by atoms with van der Waals surface area (Å²) in [6.07, 6.45) is 2.25. The Morgan fingerprint density at radius 3 is 2.15 bits per heavy atom. The second-order valence-corrected chi connectivity index (χ2v) is 8.76. The maximum Gasteiger partial charge on any atom is 0.150 e. The van der Waals surface area contributed by atoms with E-state index in [4.69, 9.17) is 0 Å². The molecule has 1 aromatic rings. The van der Waals surface area contributed by atoms with Gasteiger partial charge in [0.05, 0.1) is 5.75 Å². The van der Waals surface area contributed by atoms with Crippen LogP contribution in [0, 0.1) is 5.41 Å². The highest BCUT2D eigenvalue weighted by Gasteiger charge is 2.30. The molecule has 0 aliphatic rings. The van der Waals surface area contributed by atoms with Crippen LogP contribution in [-0.4, -0.2) is 30.6 Å². The van der Waals surface area contributed by atoms with Crippen molar-refractivity contribution in [2.45, 2.75) is 26.2 Å². The maximum absolute atomic E-state index is 11.9. The highest BCUT2D eigenvalue weighted by molar-refractivity contribution is 9.09. The number of rotatable bonds is 9. The minimum Gasteiger partial charge on any atom is -0.229 e. The molecule has 1 aromatic carbocycles. The number of alkyl halides is 2. The molecule has 0 fully saturated rings. The summed E-state index contributed by atoms with van der Waals surface area (Å²) in [7, 11) is -2.92. The molecule has 0 N–H and O–H groups in total. The summed E-state index contributed by atoms with van der Waals surface area (Å²) in [5.41, 5.74) is 1.20. The molecule has 0 aliphatic heterocycles. The van der Waals surface area contributed by atoms with Gasteiger partial charge >= 0.3 is 0 Å². The molecule has 0 amide bonds. The lowest BCUT2D eigenvalue weighted by atomic mass is 9.83. The van der Waals surface area contributed by atoms with Crippen LogP contribution in [0.15, 0.2) is 30.3 Å². The van der Waals surface area contributed by atoms with Crippen LogP contribution in [0.3, 0.4) is 0 Å². The zero-order valence-electron chi connectivity index (χ0n) is 11.8. The van der Waals surface area contributed by atoms with Crippen LogP contribution in [0.2, 0.25) is 0 Å². The molecule has 1 rings (SSSR count). The number of hydrogen-bond acceptors (Lipinski definition) is 2. The van der Waals surface area contributed by atoms with Crippen LogP contribution in [0.4, 0.5) is 0 Å². The van der Waals surface area contributed by atoms with Crippen molar-refractivity contribution in [3.63, 3.8) is 0 Å². The average molecular weight is 426 g/mol. The van der Waals surface area contributed by atoms with Crippen LogP contribution in [0.1, 0.15) is 25.3 Å². The molecule has 0 aliphatic carbocycles. The van der Waals surface area contributed by atoms with Crippen LogP contribution >= 0.6 is 31.9 Å². The van der Waals surface area contributed by atoms with Crippen molar-refractivity contribution < 1.29 is 8.42 Å². The van der Waals surface area contributed by atoms with Crippen molar-refractivity contribution in [2.75, 3.05) is 22.2 Å². The zero-order chi connectivity index (χ0) is 15.1. The average Bonchev–Trinajstić information content (AvgIpc) is 2.45. The van der Waals surface area contributed by atoms with Gasteiger partial charge in [-0.05, 0) is 30.2 Å². The Kier molecular flexibility index (Phi) is 7.77. The summed E-state index contributed by atoms with van der Waals surface area (Å²) in [5, 5.41) is 1.59. The lowest BCUT2D eigenvalue weighted by Crippen LogP contribution is -2.31. The Balaban J connectivity index is 2.77. The van der Waals surface area contributed by atoms with E-state index >= 15 is 0 Å². The summed E-state index contributed by atoms with van der Waals surface area (Å²) in [4.78, 5) is 0. The Bertz CT molecular complexity index is 482. The van der Waals surface area contributed by atoms with E-state index in [-0.39, 0.29) is 11.2 Å². The largest absolute Gasteiger partial charge is 0.229 e. The van der Waals surface area contributed by atoms with Crippen LogP contribution in [0.5, 0.6) is 0 Å². The molecule has 0 bridgehead atoms. The van der Waals surface area contributed by atoms with Crippen molar-refractivity contribution in [3.8, 4) is 0 Å². The van der Waals surface area contributed by atoms with Gasteiger partial charge in [0, 0.05) is 16.4 Å². The molecule has 0 saturated heterocycles. The Labute approximate surface area is 139 Å². The fraction of sp³-hybridized carbons (Fsp3) is 0.600. The minimum atomic E-state index is -2.92. The van der Waals surface area contributed by atoms with Crippen molar-refractivity contribution in [1.29, 1.82) is 0 Å². The molecule has 0 saturated carbocycles. The monoisotopic (exact) mass is 424 g/mol. The predicted molar refractivity (Wildman–Crippen MR) is 93.7 cm³/mol. The minimum absolute atomic E-state index is 0.0534. The van der Waals surface area contributed by atoms with Gasteiger partial charge in [-0.15, -0.1) is 0 Å². The molecule has 5 heteroatoms. The van der Waals surface area contributed by atoms with Gasteiger partial charge in [0.1, 0.15) is 9.84 Å². The van der Waals surface area contributed by atoms with E-state index in [9.17, 15) is 8.42 Å². The number of halogens is 2.